The van der Waals surface area contributed by atoms with E-state index in [9.17, 15) is 34.2 Å². The van der Waals surface area contributed by atoms with Crippen LogP contribution in [0.15, 0.2) is 24.3 Å². The number of nitrogens with one attached hydrogen (secondary N) is 3. The van der Waals surface area contributed by atoms with Crippen molar-refractivity contribution in [1.29, 1.82) is 0 Å². The summed E-state index contributed by atoms with van der Waals surface area (Å²) < 4.78 is 0. The van der Waals surface area contributed by atoms with Crippen LogP contribution >= 0.6 is 11.8 Å². The van der Waals surface area contributed by atoms with E-state index in [1.165, 1.54) is 23.9 Å². The van der Waals surface area contributed by atoms with Crippen molar-refractivity contribution in [2.24, 2.45) is 17.4 Å². The molecule has 4 amide bonds. The van der Waals surface area contributed by atoms with Crippen molar-refractivity contribution in [3.8, 4) is 5.75 Å². The van der Waals surface area contributed by atoms with Crippen molar-refractivity contribution in [2.45, 2.75) is 57.3 Å². The predicted octanol–water partition coefficient (Wildman–Crippen LogP) is -0.914. The highest BCUT2D eigenvalue weighted by Crippen LogP contribution is 2.12. The van der Waals surface area contributed by atoms with Crippen LogP contribution in [0, 0.1) is 5.92 Å². The van der Waals surface area contributed by atoms with Crippen molar-refractivity contribution in [3.05, 3.63) is 29.8 Å². The van der Waals surface area contributed by atoms with E-state index in [1.807, 2.05) is 6.26 Å². The summed E-state index contributed by atoms with van der Waals surface area (Å²) in [5.74, 6) is -3.99. The lowest BCUT2D eigenvalue weighted by Gasteiger charge is -2.27. The highest BCUT2D eigenvalue weighted by atomic mass is 32.2. The fourth-order valence-corrected chi connectivity index (χ4v) is 3.68. The fourth-order valence-electron chi connectivity index (χ4n) is 3.21. The van der Waals surface area contributed by atoms with E-state index in [2.05, 4.69) is 16.0 Å². The zero-order valence-electron chi connectivity index (χ0n) is 20.5. The number of amides is 4. The molecule has 4 atom stereocenters. The largest absolute Gasteiger partial charge is 0.508 e. The third-order valence-corrected chi connectivity index (χ3v) is 5.88. The first-order valence-corrected chi connectivity index (χ1v) is 12.7. The number of rotatable bonds is 15. The molecule has 0 bridgehead atoms. The number of aromatic hydroxyl groups is 1. The molecular formula is C23H35N5O7S. The van der Waals surface area contributed by atoms with Crippen LogP contribution in [-0.4, -0.2) is 76.0 Å². The van der Waals surface area contributed by atoms with E-state index in [-0.39, 0.29) is 24.5 Å². The lowest BCUT2D eigenvalue weighted by atomic mass is 10.0. The zero-order chi connectivity index (χ0) is 27.4. The fraction of sp³-hybridized carbons (Fsp3) is 0.522. The quantitative estimate of drug-likeness (QED) is 0.151. The number of nitrogens with two attached hydrogens (primary N) is 2. The van der Waals surface area contributed by atoms with E-state index in [4.69, 9.17) is 11.5 Å². The van der Waals surface area contributed by atoms with Gasteiger partial charge in [-0.15, -0.1) is 0 Å². The number of phenols is 1. The lowest BCUT2D eigenvalue weighted by Crippen LogP contribution is -2.58. The molecule has 9 N–H and O–H groups in total. The molecule has 12 nitrogen and oxygen atoms in total. The van der Waals surface area contributed by atoms with Gasteiger partial charge in [-0.05, 0) is 42.0 Å². The molecule has 0 fully saturated rings. The molecule has 0 aliphatic carbocycles. The van der Waals surface area contributed by atoms with Crippen molar-refractivity contribution in [2.75, 3.05) is 12.0 Å². The Kier molecular flexibility index (Phi) is 12.7. The molecule has 36 heavy (non-hydrogen) atoms. The predicted molar refractivity (Wildman–Crippen MR) is 135 cm³/mol. The highest BCUT2D eigenvalue weighted by molar-refractivity contribution is 7.98. The van der Waals surface area contributed by atoms with Gasteiger partial charge in [0.15, 0.2) is 0 Å². The Hall–Kier alpha value is -3.32. The first kappa shape index (κ1) is 30.7. The van der Waals surface area contributed by atoms with Gasteiger partial charge in [0.1, 0.15) is 23.9 Å². The Morgan fingerprint density at radius 2 is 1.53 bits per heavy atom. The Morgan fingerprint density at radius 1 is 0.944 bits per heavy atom. The molecule has 1 rings (SSSR count). The summed E-state index contributed by atoms with van der Waals surface area (Å²) in [5.41, 5.74) is 11.3. The van der Waals surface area contributed by atoms with Crippen LogP contribution in [0.3, 0.4) is 0 Å². The second-order valence-corrected chi connectivity index (χ2v) is 9.61. The van der Waals surface area contributed by atoms with Crippen LogP contribution in [0.1, 0.15) is 32.3 Å². The zero-order valence-corrected chi connectivity index (χ0v) is 21.3. The van der Waals surface area contributed by atoms with Crippen LogP contribution < -0.4 is 27.4 Å². The first-order chi connectivity index (χ1) is 16.8. The second kappa shape index (κ2) is 14.9. The van der Waals surface area contributed by atoms with E-state index in [1.54, 1.807) is 26.0 Å². The lowest BCUT2D eigenvalue weighted by molar-refractivity contribution is -0.142. The summed E-state index contributed by atoms with van der Waals surface area (Å²) in [5, 5.41) is 26.6. The third-order valence-electron chi connectivity index (χ3n) is 5.24. The maximum atomic E-state index is 13.0. The van der Waals surface area contributed by atoms with Gasteiger partial charge in [-0.1, -0.05) is 26.0 Å². The van der Waals surface area contributed by atoms with E-state index >= 15 is 0 Å². The molecule has 0 saturated carbocycles. The van der Waals surface area contributed by atoms with Gasteiger partial charge in [-0.3, -0.25) is 19.2 Å². The average Bonchev–Trinajstić information content (AvgIpc) is 2.79. The third kappa shape index (κ3) is 10.5. The van der Waals surface area contributed by atoms with E-state index < -0.39 is 60.2 Å². The number of benzene rings is 1. The standard InChI is InChI=1S/C23H35N5O7S/c1-12(2)19(28-20(31)15(24)11-18(25)30)22(33)26-16(8-9-36-3)21(32)27-17(23(34)35)10-13-4-6-14(29)7-5-13/h4-7,12,15-17,19,29H,8-11,24H2,1-3H3,(H2,25,30)(H,26,33)(H,27,32)(H,28,31)(H,34,35). The SMILES string of the molecule is CSCCC(NC(=O)C(NC(=O)C(N)CC(N)=O)C(C)C)C(=O)NC(Cc1ccc(O)cc1)C(=O)O. The number of phenolic OH excluding ortho intramolecular Hbond substituents is 1. The molecule has 13 heteroatoms. The van der Waals surface area contributed by atoms with Crippen molar-refractivity contribution < 1.29 is 34.2 Å². The summed E-state index contributed by atoms with van der Waals surface area (Å²) in [7, 11) is 0. The number of aliphatic carboxylic acids is 1. The highest BCUT2D eigenvalue weighted by Gasteiger charge is 2.31. The number of carbonyl (C=O) groups is 5. The Labute approximate surface area is 213 Å². The normalized spacial score (nSPS) is 14.2. The molecular weight excluding hydrogens is 490 g/mol. The molecule has 1 aromatic rings. The Morgan fingerprint density at radius 3 is 2.03 bits per heavy atom. The van der Waals surface area contributed by atoms with Crippen molar-refractivity contribution >= 4 is 41.4 Å². The number of primary amides is 1. The van der Waals surface area contributed by atoms with Crippen LogP contribution in [0.2, 0.25) is 0 Å². The minimum absolute atomic E-state index is 0.0249. The number of hydrogen-bond donors (Lipinski definition) is 7. The smallest absolute Gasteiger partial charge is 0.326 e. The van der Waals surface area contributed by atoms with Gasteiger partial charge in [-0.2, -0.15) is 11.8 Å². The molecule has 1 aromatic carbocycles. The summed E-state index contributed by atoms with van der Waals surface area (Å²) in [6.45, 7) is 3.36. The molecule has 4 unspecified atom stereocenters. The minimum atomic E-state index is -1.27. The number of carbonyl (C=O) groups excluding carboxylic acids is 4. The molecule has 0 heterocycles. The topological polar surface area (TPSA) is 214 Å². The Balaban J connectivity index is 2.97. The monoisotopic (exact) mass is 525 g/mol. The maximum Gasteiger partial charge on any atom is 0.326 e. The molecule has 0 spiro atoms. The molecule has 0 aromatic heterocycles. The number of thioether (sulfide) groups is 1. The molecule has 200 valence electrons. The molecule has 0 aliphatic heterocycles. The van der Waals surface area contributed by atoms with Gasteiger partial charge in [0, 0.05) is 6.42 Å². The Bertz CT molecular complexity index is 926. The average molecular weight is 526 g/mol. The van der Waals surface area contributed by atoms with E-state index in [0.29, 0.717) is 11.3 Å². The van der Waals surface area contributed by atoms with Crippen LogP contribution in [0.4, 0.5) is 0 Å². The van der Waals surface area contributed by atoms with Gasteiger partial charge in [0.2, 0.25) is 23.6 Å². The molecule has 0 aliphatic rings. The summed E-state index contributed by atoms with van der Waals surface area (Å²) >= 11 is 1.44. The number of carboxylic acids is 1. The second-order valence-electron chi connectivity index (χ2n) is 8.62. The van der Waals surface area contributed by atoms with Gasteiger partial charge in [-0.25, -0.2) is 4.79 Å². The maximum absolute atomic E-state index is 13.0. The van der Waals surface area contributed by atoms with Crippen molar-refractivity contribution in [3.63, 3.8) is 0 Å². The summed E-state index contributed by atoms with van der Waals surface area (Å²) in [6, 6.07) is 1.27. The number of hydrogen-bond acceptors (Lipinski definition) is 8. The molecule has 0 saturated heterocycles. The van der Waals surface area contributed by atoms with Crippen LogP contribution in [0.25, 0.3) is 0 Å². The van der Waals surface area contributed by atoms with Crippen molar-refractivity contribution in [1.82, 2.24) is 16.0 Å². The van der Waals surface area contributed by atoms with Crippen LogP contribution in [-0.2, 0) is 30.4 Å². The minimum Gasteiger partial charge on any atom is -0.508 e. The van der Waals surface area contributed by atoms with E-state index in [0.717, 1.165) is 0 Å². The van der Waals surface area contributed by atoms with Gasteiger partial charge in [0.05, 0.1) is 12.5 Å². The van der Waals surface area contributed by atoms with Gasteiger partial charge in [0.25, 0.3) is 0 Å². The molecule has 0 radical (unpaired) electrons. The summed E-state index contributed by atoms with van der Waals surface area (Å²) in [4.78, 5) is 61.1. The summed E-state index contributed by atoms with van der Waals surface area (Å²) in [6.07, 6.45) is 1.60. The van der Waals surface area contributed by atoms with Gasteiger partial charge >= 0.3 is 5.97 Å². The first-order valence-electron chi connectivity index (χ1n) is 11.3. The number of carboxylic acid groups (broad SMARTS) is 1. The van der Waals surface area contributed by atoms with Gasteiger partial charge < -0.3 is 37.6 Å². The van der Waals surface area contributed by atoms with Crippen LogP contribution in [0.5, 0.6) is 5.75 Å².